The Morgan fingerprint density at radius 2 is 2.11 bits per heavy atom. The van der Waals surface area contributed by atoms with Gasteiger partial charge in [0, 0.05) is 26.7 Å². The quantitative estimate of drug-likeness (QED) is 0.784. The Morgan fingerprint density at radius 1 is 1.43 bits per heavy atom. The molecule has 0 unspecified atom stereocenters. The lowest BCUT2D eigenvalue weighted by Crippen LogP contribution is -2.36. The number of rotatable bonds is 5. The third-order valence-electron chi connectivity index (χ3n) is 4.43. The van der Waals surface area contributed by atoms with Crippen molar-refractivity contribution in [2.45, 2.75) is 25.9 Å². The highest BCUT2D eigenvalue weighted by molar-refractivity contribution is 7.17. The Balaban J connectivity index is 0.000000224. The predicted octanol–water partition coefficient (Wildman–Crippen LogP) is 2.30. The van der Waals surface area contributed by atoms with E-state index in [0.29, 0.717) is 13.0 Å². The van der Waals surface area contributed by atoms with Gasteiger partial charge in [-0.2, -0.15) is 0 Å². The summed E-state index contributed by atoms with van der Waals surface area (Å²) < 4.78 is 11.9. The minimum Gasteiger partial charge on any atom is -0.494 e. The van der Waals surface area contributed by atoms with Gasteiger partial charge in [0.25, 0.3) is 0 Å². The van der Waals surface area contributed by atoms with Gasteiger partial charge in [-0.1, -0.05) is 0 Å². The molecule has 2 heterocycles. The lowest BCUT2D eigenvalue weighted by Gasteiger charge is -2.29. The van der Waals surface area contributed by atoms with E-state index < -0.39 is 11.6 Å². The van der Waals surface area contributed by atoms with Gasteiger partial charge < -0.3 is 30.1 Å². The maximum Gasteiger partial charge on any atom is 0.314 e. The van der Waals surface area contributed by atoms with E-state index in [-0.39, 0.29) is 0 Å². The van der Waals surface area contributed by atoms with E-state index in [4.69, 9.17) is 15.2 Å². The molecule has 1 aliphatic heterocycles. The molecule has 0 aliphatic carbocycles. The van der Waals surface area contributed by atoms with Gasteiger partial charge in [0.1, 0.15) is 11.3 Å². The average molecular weight is 411 g/mol. The zero-order valence-corrected chi connectivity index (χ0v) is 17.8. The third kappa shape index (κ3) is 6.22. The summed E-state index contributed by atoms with van der Waals surface area (Å²) in [7, 11) is 3.29. The van der Waals surface area contributed by atoms with Crippen LogP contribution in [0.4, 0.5) is 10.5 Å². The van der Waals surface area contributed by atoms with Gasteiger partial charge in [-0.05, 0) is 32.4 Å². The van der Waals surface area contributed by atoms with Crippen molar-refractivity contribution in [1.82, 2.24) is 9.88 Å². The Bertz CT molecular complexity index is 769. The molecule has 3 rings (SSSR count). The summed E-state index contributed by atoms with van der Waals surface area (Å²) in [6, 6.07) is 3.64. The first kappa shape index (κ1) is 22.2. The maximum absolute atomic E-state index is 10.5. The van der Waals surface area contributed by atoms with Crippen LogP contribution in [-0.4, -0.2) is 73.6 Å². The number of benzene rings is 1. The van der Waals surface area contributed by atoms with Crippen molar-refractivity contribution in [3.63, 3.8) is 0 Å². The molecule has 1 fully saturated rings. The number of anilines is 1. The highest BCUT2D eigenvalue weighted by Gasteiger charge is 2.17. The van der Waals surface area contributed by atoms with Crippen molar-refractivity contribution >= 4 is 33.3 Å². The van der Waals surface area contributed by atoms with E-state index in [1.807, 2.05) is 11.6 Å². The summed E-state index contributed by atoms with van der Waals surface area (Å²) in [5, 5.41) is 9.27. The minimum atomic E-state index is -0.732. The SMILES string of the molecule is CN(CCC(C)(C)O)C(N)=O.COc1ccc(N2CCOCC2)c2scnc12. The summed E-state index contributed by atoms with van der Waals surface area (Å²) in [5.41, 5.74) is 8.31. The van der Waals surface area contributed by atoms with Crippen LogP contribution in [0.25, 0.3) is 10.2 Å². The van der Waals surface area contributed by atoms with E-state index in [9.17, 15) is 9.90 Å². The van der Waals surface area contributed by atoms with Crippen molar-refractivity contribution in [1.29, 1.82) is 0 Å². The van der Waals surface area contributed by atoms with Gasteiger partial charge >= 0.3 is 6.03 Å². The number of primary amides is 1. The van der Waals surface area contributed by atoms with Gasteiger partial charge in [0.05, 0.1) is 41.8 Å². The molecule has 1 saturated heterocycles. The van der Waals surface area contributed by atoms with Gasteiger partial charge in [0.15, 0.2) is 0 Å². The fourth-order valence-corrected chi connectivity index (χ4v) is 3.53. The standard InChI is InChI=1S/C12H14N2O2S.C7H16N2O2/c1-15-10-3-2-9(12-11(10)13-8-17-12)14-4-6-16-7-5-14;1-7(2,11)4-5-9(3)6(8)10/h2-3,8H,4-7H2,1H3;11H,4-5H2,1-3H3,(H2,8,10). The van der Waals surface area contributed by atoms with E-state index in [1.54, 1.807) is 39.3 Å². The number of carbonyl (C=O) groups is 1. The molecule has 0 bridgehead atoms. The average Bonchev–Trinajstić information content (AvgIpc) is 3.15. The number of amides is 2. The molecule has 1 aliphatic rings. The normalized spacial score (nSPS) is 14.4. The summed E-state index contributed by atoms with van der Waals surface area (Å²) >= 11 is 1.66. The van der Waals surface area contributed by atoms with Crippen LogP contribution in [0.3, 0.4) is 0 Å². The lowest BCUT2D eigenvalue weighted by molar-refractivity contribution is 0.0642. The highest BCUT2D eigenvalue weighted by Crippen LogP contribution is 2.35. The van der Waals surface area contributed by atoms with Crippen LogP contribution in [0.5, 0.6) is 5.75 Å². The van der Waals surface area contributed by atoms with Crippen molar-refractivity contribution in [3.05, 3.63) is 17.6 Å². The Labute approximate surface area is 169 Å². The van der Waals surface area contributed by atoms with Crippen molar-refractivity contribution < 1.29 is 19.4 Å². The van der Waals surface area contributed by atoms with E-state index in [2.05, 4.69) is 16.0 Å². The molecule has 2 amide bonds. The van der Waals surface area contributed by atoms with E-state index in [0.717, 1.165) is 37.6 Å². The fourth-order valence-electron chi connectivity index (χ4n) is 2.68. The fraction of sp³-hybridized carbons (Fsp3) is 0.579. The monoisotopic (exact) mass is 410 g/mol. The first-order chi connectivity index (χ1) is 13.2. The second-order valence-electron chi connectivity index (χ2n) is 7.24. The van der Waals surface area contributed by atoms with Gasteiger partial charge in [-0.15, -0.1) is 11.3 Å². The van der Waals surface area contributed by atoms with Crippen molar-refractivity contribution in [2.75, 3.05) is 51.9 Å². The first-order valence-electron chi connectivity index (χ1n) is 9.19. The second kappa shape index (κ2) is 9.90. The number of hydrogen-bond acceptors (Lipinski definition) is 7. The zero-order valence-electron chi connectivity index (χ0n) is 17.0. The third-order valence-corrected chi connectivity index (χ3v) is 5.28. The molecule has 0 saturated carbocycles. The van der Waals surface area contributed by atoms with Crippen LogP contribution in [0.2, 0.25) is 0 Å². The van der Waals surface area contributed by atoms with Crippen LogP contribution in [-0.2, 0) is 4.74 Å². The van der Waals surface area contributed by atoms with Crippen LogP contribution < -0.4 is 15.4 Å². The number of urea groups is 1. The largest absolute Gasteiger partial charge is 0.494 e. The highest BCUT2D eigenvalue weighted by atomic mass is 32.1. The molecule has 156 valence electrons. The van der Waals surface area contributed by atoms with Crippen molar-refractivity contribution in [2.24, 2.45) is 5.73 Å². The molecule has 1 aromatic carbocycles. The molecule has 9 heteroatoms. The molecule has 0 spiro atoms. The molecular weight excluding hydrogens is 380 g/mol. The number of morpholine rings is 1. The predicted molar refractivity (Wildman–Crippen MR) is 112 cm³/mol. The van der Waals surface area contributed by atoms with Crippen LogP contribution in [0.15, 0.2) is 17.6 Å². The van der Waals surface area contributed by atoms with E-state index in [1.165, 1.54) is 15.3 Å². The van der Waals surface area contributed by atoms with Gasteiger partial charge in [0.2, 0.25) is 0 Å². The molecule has 2 aromatic rings. The number of hydrogen-bond donors (Lipinski definition) is 2. The Hall–Kier alpha value is -2.10. The molecule has 1 aromatic heterocycles. The Kier molecular flexibility index (Phi) is 7.85. The van der Waals surface area contributed by atoms with Crippen LogP contribution >= 0.6 is 11.3 Å². The van der Waals surface area contributed by atoms with Crippen LogP contribution in [0.1, 0.15) is 20.3 Å². The Morgan fingerprint density at radius 3 is 2.68 bits per heavy atom. The lowest BCUT2D eigenvalue weighted by atomic mass is 10.1. The molecule has 28 heavy (non-hydrogen) atoms. The number of carbonyl (C=O) groups excluding carboxylic acids is 1. The molecule has 0 radical (unpaired) electrons. The molecule has 8 nitrogen and oxygen atoms in total. The first-order valence-corrected chi connectivity index (χ1v) is 10.1. The summed E-state index contributed by atoms with van der Waals surface area (Å²) in [6.45, 7) is 7.36. The number of thiazole rings is 1. The smallest absolute Gasteiger partial charge is 0.314 e. The van der Waals surface area contributed by atoms with E-state index >= 15 is 0 Å². The number of ether oxygens (including phenoxy) is 2. The molecule has 3 N–H and O–H groups in total. The summed E-state index contributed by atoms with van der Waals surface area (Å²) in [6.07, 6.45) is 0.534. The zero-order chi connectivity index (χ0) is 20.7. The number of fused-ring (bicyclic) bond motifs is 1. The maximum atomic E-state index is 10.5. The van der Waals surface area contributed by atoms with Gasteiger partial charge in [-0.3, -0.25) is 0 Å². The number of aliphatic hydroxyl groups is 1. The summed E-state index contributed by atoms with van der Waals surface area (Å²) in [5.74, 6) is 0.846. The number of methoxy groups -OCH3 is 1. The molecule has 0 atom stereocenters. The van der Waals surface area contributed by atoms with Gasteiger partial charge in [-0.25, -0.2) is 9.78 Å². The number of nitrogens with zero attached hydrogens (tertiary/aromatic N) is 3. The summed E-state index contributed by atoms with van der Waals surface area (Å²) in [4.78, 5) is 18.6. The second-order valence-corrected chi connectivity index (χ2v) is 8.09. The number of nitrogens with two attached hydrogens (primary N) is 1. The molecular formula is C19H30N4O4S. The topological polar surface area (TPSA) is 101 Å². The van der Waals surface area contributed by atoms with Crippen LogP contribution in [0, 0.1) is 0 Å². The number of aromatic nitrogens is 1. The van der Waals surface area contributed by atoms with Crippen molar-refractivity contribution in [3.8, 4) is 5.75 Å². The minimum absolute atomic E-state index is 0.464.